The van der Waals surface area contributed by atoms with Crippen LogP contribution in [0.5, 0.6) is 0 Å². The highest BCUT2D eigenvalue weighted by Gasteiger charge is 2.49. The third-order valence-corrected chi connectivity index (χ3v) is 4.60. The predicted molar refractivity (Wildman–Crippen MR) is 81.8 cm³/mol. The van der Waals surface area contributed by atoms with Crippen molar-refractivity contribution in [3.05, 3.63) is 35.9 Å². The van der Waals surface area contributed by atoms with Gasteiger partial charge in [0.15, 0.2) is 0 Å². The van der Waals surface area contributed by atoms with Gasteiger partial charge in [0.25, 0.3) is 0 Å². The first-order valence-corrected chi connectivity index (χ1v) is 7.85. The molecule has 0 amide bonds. The summed E-state index contributed by atoms with van der Waals surface area (Å²) in [5, 5.41) is 0. The standard InChI is InChI=1S/C17H28N2/c1-2-3-4-5-9-12-16(19-18)17(13-14-17)15-10-7-6-8-11-15/h6-8,10-11,16,19H,2-5,9,12-14,18H2,1H3. The van der Waals surface area contributed by atoms with E-state index in [2.05, 4.69) is 42.7 Å². The van der Waals surface area contributed by atoms with Crippen molar-refractivity contribution in [3.8, 4) is 0 Å². The quantitative estimate of drug-likeness (QED) is 0.401. The van der Waals surface area contributed by atoms with Crippen molar-refractivity contribution in [2.24, 2.45) is 5.84 Å². The van der Waals surface area contributed by atoms with Crippen LogP contribution in [-0.4, -0.2) is 6.04 Å². The number of hydrogen-bond acceptors (Lipinski definition) is 2. The highest BCUT2D eigenvalue weighted by molar-refractivity contribution is 5.33. The van der Waals surface area contributed by atoms with E-state index in [0.717, 1.165) is 0 Å². The van der Waals surface area contributed by atoms with Crippen molar-refractivity contribution in [1.29, 1.82) is 0 Å². The first kappa shape index (κ1) is 14.5. The first-order chi connectivity index (χ1) is 9.33. The Bertz CT molecular complexity index is 357. The number of hydrazine groups is 1. The lowest BCUT2D eigenvalue weighted by atomic mass is 9.85. The van der Waals surface area contributed by atoms with E-state index in [1.54, 1.807) is 0 Å². The normalized spacial score (nSPS) is 18.2. The van der Waals surface area contributed by atoms with Gasteiger partial charge in [0, 0.05) is 11.5 Å². The van der Waals surface area contributed by atoms with Gasteiger partial charge in [-0.25, -0.2) is 0 Å². The third kappa shape index (κ3) is 3.58. The van der Waals surface area contributed by atoms with Crippen LogP contribution in [0, 0.1) is 0 Å². The fourth-order valence-corrected chi connectivity index (χ4v) is 3.21. The van der Waals surface area contributed by atoms with Crippen molar-refractivity contribution < 1.29 is 0 Å². The molecule has 0 spiro atoms. The zero-order valence-electron chi connectivity index (χ0n) is 12.2. The summed E-state index contributed by atoms with van der Waals surface area (Å²) in [6.07, 6.45) is 10.4. The maximum absolute atomic E-state index is 5.83. The third-order valence-electron chi connectivity index (χ3n) is 4.60. The van der Waals surface area contributed by atoms with Crippen LogP contribution in [0.3, 0.4) is 0 Å². The highest BCUT2D eigenvalue weighted by atomic mass is 15.2. The number of rotatable bonds is 9. The Morgan fingerprint density at radius 3 is 2.37 bits per heavy atom. The highest BCUT2D eigenvalue weighted by Crippen LogP contribution is 2.51. The molecule has 1 aliphatic rings. The molecule has 1 aromatic rings. The maximum Gasteiger partial charge on any atom is 0.0307 e. The van der Waals surface area contributed by atoms with Crippen LogP contribution in [0.4, 0.5) is 0 Å². The second-order valence-electron chi connectivity index (χ2n) is 5.94. The average molecular weight is 260 g/mol. The minimum atomic E-state index is 0.320. The van der Waals surface area contributed by atoms with Gasteiger partial charge in [-0.1, -0.05) is 69.4 Å². The fourth-order valence-electron chi connectivity index (χ4n) is 3.21. The number of benzene rings is 1. The zero-order valence-corrected chi connectivity index (χ0v) is 12.2. The maximum atomic E-state index is 5.83. The van der Waals surface area contributed by atoms with Crippen LogP contribution in [-0.2, 0) is 5.41 Å². The molecule has 0 bridgehead atoms. The van der Waals surface area contributed by atoms with Gasteiger partial charge in [-0.3, -0.25) is 11.3 Å². The van der Waals surface area contributed by atoms with Gasteiger partial charge < -0.3 is 0 Å². The van der Waals surface area contributed by atoms with Gasteiger partial charge in [0.2, 0.25) is 0 Å². The number of unbranched alkanes of at least 4 members (excludes halogenated alkanes) is 4. The molecule has 1 aromatic carbocycles. The smallest absolute Gasteiger partial charge is 0.0307 e. The van der Waals surface area contributed by atoms with Crippen LogP contribution in [0.15, 0.2) is 30.3 Å². The van der Waals surface area contributed by atoms with Gasteiger partial charge >= 0.3 is 0 Å². The Morgan fingerprint density at radius 2 is 1.79 bits per heavy atom. The SMILES string of the molecule is CCCCCCCC(NN)C1(c2ccccc2)CC1. The van der Waals surface area contributed by atoms with E-state index in [4.69, 9.17) is 5.84 Å². The van der Waals surface area contributed by atoms with Crippen LogP contribution >= 0.6 is 0 Å². The van der Waals surface area contributed by atoms with Crippen molar-refractivity contribution in [3.63, 3.8) is 0 Å². The number of hydrogen-bond donors (Lipinski definition) is 2. The van der Waals surface area contributed by atoms with Crippen molar-refractivity contribution in [2.45, 2.75) is 69.7 Å². The molecule has 3 N–H and O–H groups in total. The zero-order chi connectivity index (χ0) is 13.6. The molecule has 0 aromatic heterocycles. The summed E-state index contributed by atoms with van der Waals surface area (Å²) < 4.78 is 0. The summed E-state index contributed by atoms with van der Waals surface area (Å²) in [5.74, 6) is 5.83. The van der Waals surface area contributed by atoms with Gasteiger partial charge in [-0.15, -0.1) is 0 Å². The molecular weight excluding hydrogens is 232 g/mol. The van der Waals surface area contributed by atoms with Crippen LogP contribution in [0.2, 0.25) is 0 Å². The number of nitrogens with two attached hydrogens (primary N) is 1. The Labute approximate surface area is 117 Å². The minimum Gasteiger partial charge on any atom is -0.271 e. The predicted octanol–water partition coefficient (Wildman–Crippen LogP) is 3.91. The van der Waals surface area contributed by atoms with E-state index in [1.807, 2.05) is 0 Å². The second-order valence-corrected chi connectivity index (χ2v) is 5.94. The van der Waals surface area contributed by atoms with E-state index in [9.17, 15) is 0 Å². The lowest BCUT2D eigenvalue weighted by molar-refractivity contribution is 0.383. The molecular formula is C17H28N2. The summed E-state index contributed by atoms with van der Waals surface area (Å²) in [6.45, 7) is 2.26. The van der Waals surface area contributed by atoms with E-state index in [1.165, 1.54) is 56.9 Å². The van der Waals surface area contributed by atoms with Gasteiger partial charge in [-0.05, 0) is 24.8 Å². The van der Waals surface area contributed by atoms with E-state index >= 15 is 0 Å². The Balaban J connectivity index is 1.87. The van der Waals surface area contributed by atoms with Crippen molar-refractivity contribution in [2.75, 3.05) is 0 Å². The molecule has 2 nitrogen and oxygen atoms in total. The molecule has 1 saturated carbocycles. The molecule has 0 aliphatic heterocycles. The summed E-state index contributed by atoms with van der Waals surface area (Å²) in [4.78, 5) is 0. The lowest BCUT2D eigenvalue weighted by Crippen LogP contribution is -2.44. The monoisotopic (exact) mass is 260 g/mol. The molecule has 0 heterocycles. The molecule has 0 radical (unpaired) electrons. The molecule has 0 saturated heterocycles. The topological polar surface area (TPSA) is 38.0 Å². The molecule has 106 valence electrons. The van der Waals surface area contributed by atoms with Gasteiger partial charge in [0.1, 0.15) is 0 Å². The largest absolute Gasteiger partial charge is 0.271 e. The number of nitrogens with one attached hydrogen (secondary N) is 1. The molecule has 1 aliphatic carbocycles. The molecule has 2 rings (SSSR count). The lowest BCUT2D eigenvalue weighted by Gasteiger charge is -2.27. The Kier molecular flexibility index (Phi) is 5.41. The van der Waals surface area contributed by atoms with Crippen LogP contribution < -0.4 is 11.3 Å². The molecule has 2 heteroatoms. The van der Waals surface area contributed by atoms with E-state index in [0.29, 0.717) is 11.5 Å². The minimum absolute atomic E-state index is 0.320. The summed E-state index contributed by atoms with van der Waals surface area (Å²) in [7, 11) is 0. The van der Waals surface area contributed by atoms with Gasteiger partial charge in [-0.2, -0.15) is 0 Å². The summed E-state index contributed by atoms with van der Waals surface area (Å²) in [5.41, 5.74) is 4.88. The first-order valence-electron chi connectivity index (χ1n) is 7.85. The molecule has 1 unspecified atom stereocenters. The average Bonchev–Trinajstić information content (AvgIpc) is 3.25. The Hall–Kier alpha value is -0.860. The summed E-state index contributed by atoms with van der Waals surface area (Å²) in [6, 6.07) is 11.3. The second kappa shape index (κ2) is 7.06. The Morgan fingerprint density at radius 1 is 1.11 bits per heavy atom. The van der Waals surface area contributed by atoms with Crippen molar-refractivity contribution in [1.82, 2.24) is 5.43 Å². The van der Waals surface area contributed by atoms with Crippen molar-refractivity contribution >= 4 is 0 Å². The van der Waals surface area contributed by atoms with Crippen LogP contribution in [0.25, 0.3) is 0 Å². The molecule has 1 fully saturated rings. The van der Waals surface area contributed by atoms with Gasteiger partial charge in [0.05, 0.1) is 0 Å². The van der Waals surface area contributed by atoms with Crippen LogP contribution in [0.1, 0.15) is 63.9 Å². The van der Waals surface area contributed by atoms with E-state index < -0.39 is 0 Å². The van der Waals surface area contributed by atoms with E-state index in [-0.39, 0.29) is 0 Å². The summed E-state index contributed by atoms with van der Waals surface area (Å²) >= 11 is 0. The fraction of sp³-hybridized carbons (Fsp3) is 0.647. The molecule has 19 heavy (non-hydrogen) atoms. The molecule has 1 atom stereocenters.